The molecule has 3 aromatic rings. The third-order valence-corrected chi connectivity index (χ3v) is 5.04. The number of hydrogen-bond donors (Lipinski definition) is 0. The highest BCUT2D eigenvalue weighted by Gasteiger charge is 2.37. The van der Waals surface area contributed by atoms with Gasteiger partial charge in [-0.1, -0.05) is 23.4 Å². The number of benzene rings is 2. The Hall–Kier alpha value is -3.75. The second kappa shape index (κ2) is 7.94. The summed E-state index contributed by atoms with van der Waals surface area (Å²) in [5.41, 5.74) is 1.66. The fourth-order valence-electron chi connectivity index (χ4n) is 3.46. The van der Waals surface area contributed by atoms with Gasteiger partial charge in [-0.15, -0.1) is 5.10 Å². The summed E-state index contributed by atoms with van der Waals surface area (Å²) in [6.45, 7) is 1.72. The van der Waals surface area contributed by atoms with Crippen molar-refractivity contribution in [2.24, 2.45) is 5.92 Å². The average molecular weight is 408 g/mol. The van der Waals surface area contributed by atoms with Crippen LogP contribution in [0.3, 0.4) is 0 Å². The van der Waals surface area contributed by atoms with E-state index in [-0.39, 0.29) is 25.6 Å². The second-order valence-corrected chi connectivity index (χ2v) is 7.08. The summed E-state index contributed by atoms with van der Waals surface area (Å²) in [6, 6.07) is 12.3. The van der Waals surface area contributed by atoms with Crippen molar-refractivity contribution in [3.63, 3.8) is 0 Å². The Morgan fingerprint density at radius 1 is 1.20 bits per heavy atom. The van der Waals surface area contributed by atoms with Gasteiger partial charge in [0.1, 0.15) is 11.3 Å². The summed E-state index contributed by atoms with van der Waals surface area (Å²) in [4.78, 5) is 39.0. The van der Waals surface area contributed by atoms with Crippen molar-refractivity contribution in [1.29, 1.82) is 0 Å². The Bertz CT molecular complexity index is 1190. The van der Waals surface area contributed by atoms with Crippen LogP contribution in [0.1, 0.15) is 12.0 Å². The van der Waals surface area contributed by atoms with Crippen LogP contribution >= 0.6 is 0 Å². The molecule has 2 heterocycles. The van der Waals surface area contributed by atoms with E-state index in [9.17, 15) is 14.4 Å². The van der Waals surface area contributed by atoms with Gasteiger partial charge in [0.2, 0.25) is 5.91 Å². The van der Waals surface area contributed by atoms with Crippen LogP contribution in [-0.4, -0.2) is 40.5 Å². The number of anilines is 1. The fraction of sp³-hybridized carbons (Fsp3) is 0.286. The molecule has 1 aromatic heterocycles. The van der Waals surface area contributed by atoms with Gasteiger partial charge < -0.3 is 14.4 Å². The quantitative estimate of drug-likeness (QED) is 0.592. The van der Waals surface area contributed by atoms with Crippen LogP contribution in [0.5, 0.6) is 5.75 Å². The molecule has 1 aliphatic rings. The molecule has 0 N–H and O–H groups in total. The molecule has 1 atom stereocenters. The summed E-state index contributed by atoms with van der Waals surface area (Å²) in [5, 5.41) is 8.14. The number of aryl methyl sites for hydroxylation is 1. The minimum absolute atomic E-state index is 0.0221. The SMILES string of the molecule is COc1ccc(C)cc1N1C[C@@H](C(=O)OCn2nnc3ccccc3c2=O)CC1=O. The first-order chi connectivity index (χ1) is 14.5. The van der Waals surface area contributed by atoms with Gasteiger partial charge in [0, 0.05) is 13.0 Å². The molecular formula is C21H20N4O5. The Labute approximate surface area is 171 Å². The molecule has 9 heteroatoms. The molecule has 0 unspecified atom stereocenters. The monoisotopic (exact) mass is 408 g/mol. The van der Waals surface area contributed by atoms with Crippen molar-refractivity contribution in [1.82, 2.24) is 15.0 Å². The van der Waals surface area contributed by atoms with Gasteiger partial charge in [-0.2, -0.15) is 4.68 Å². The van der Waals surface area contributed by atoms with Gasteiger partial charge in [-0.05, 0) is 36.8 Å². The molecule has 0 aliphatic carbocycles. The zero-order chi connectivity index (χ0) is 21.3. The van der Waals surface area contributed by atoms with E-state index in [0.29, 0.717) is 22.3 Å². The lowest BCUT2D eigenvalue weighted by molar-refractivity contribution is -0.152. The van der Waals surface area contributed by atoms with E-state index in [0.717, 1.165) is 10.2 Å². The predicted octanol–water partition coefficient (Wildman–Crippen LogP) is 1.66. The standard InChI is InChI=1S/C21H20N4O5/c1-13-7-8-18(29-2)17(9-13)24-11-14(10-19(24)26)21(28)30-12-25-20(27)15-5-3-4-6-16(15)22-23-25/h3-9,14H,10-12H2,1-2H3/t14-/m0/s1. The van der Waals surface area contributed by atoms with E-state index in [1.807, 2.05) is 19.1 Å². The van der Waals surface area contributed by atoms with Crippen LogP contribution in [0.4, 0.5) is 5.69 Å². The second-order valence-electron chi connectivity index (χ2n) is 7.08. The Kier molecular flexibility index (Phi) is 5.18. The maximum absolute atomic E-state index is 12.5. The number of fused-ring (bicyclic) bond motifs is 1. The van der Waals surface area contributed by atoms with Crippen molar-refractivity contribution in [2.75, 3.05) is 18.6 Å². The van der Waals surface area contributed by atoms with E-state index in [1.54, 1.807) is 30.3 Å². The van der Waals surface area contributed by atoms with Gasteiger partial charge in [0.15, 0.2) is 6.73 Å². The lowest BCUT2D eigenvalue weighted by Crippen LogP contribution is -2.29. The fourth-order valence-corrected chi connectivity index (χ4v) is 3.46. The summed E-state index contributed by atoms with van der Waals surface area (Å²) in [6.07, 6.45) is 0.0221. The zero-order valence-electron chi connectivity index (χ0n) is 16.6. The minimum atomic E-state index is -0.646. The van der Waals surface area contributed by atoms with Crippen molar-refractivity contribution in [3.8, 4) is 5.75 Å². The number of carbonyl (C=O) groups excluding carboxylic acids is 2. The summed E-state index contributed by atoms with van der Waals surface area (Å²) in [7, 11) is 1.53. The zero-order valence-corrected chi connectivity index (χ0v) is 16.6. The molecule has 1 saturated heterocycles. The lowest BCUT2D eigenvalue weighted by atomic mass is 10.1. The largest absolute Gasteiger partial charge is 0.495 e. The van der Waals surface area contributed by atoms with Gasteiger partial charge in [0.25, 0.3) is 5.56 Å². The summed E-state index contributed by atoms with van der Waals surface area (Å²) >= 11 is 0. The van der Waals surface area contributed by atoms with Crippen LogP contribution in [0, 0.1) is 12.8 Å². The van der Waals surface area contributed by atoms with Crippen LogP contribution in [0.2, 0.25) is 0 Å². The van der Waals surface area contributed by atoms with Gasteiger partial charge >= 0.3 is 5.97 Å². The van der Waals surface area contributed by atoms with Crippen LogP contribution in [0.15, 0.2) is 47.3 Å². The summed E-state index contributed by atoms with van der Waals surface area (Å²) < 4.78 is 11.6. The first-order valence-corrected chi connectivity index (χ1v) is 9.42. The molecule has 9 nitrogen and oxygen atoms in total. The molecular weight excluding hydrogens is 388 g/mol. The number of rotatable bonds is 5. The van der Waals surface area contributed by atoms with Gasteiger partial charge in [-0.25, -0.2) is 0 Å². The number of aromatic nitrogens is 3. The van der Waals surface area contributed by atoms with Crippen LogP contribution in [0.25, 0.3) is 10.9 Å². The smallest absolute Gasteiger partial charge is 0.313 e. The van der Waals surface area contributed by atoms with Crippen molar-refractivity contribution in [3.05, 3.63) is 58.4 Å². The van der Waals surface area contributed by atoms with Crippen LogP contribution < -0.4 is 15.2 Å². The highest BCUT2D eigenvalue weighted by atomic mass is 16.5. The van der Waals surface area contributed by atoms with Crippen LogP contribution in [-0.2, 0) is 21.1 Å². The lowest BCUT2D eigenvalue weighted by Gasteiger charge is -2.20. The number of carbonyl (C=O) groups is 2. The number of hydrogen-bond acceptors (Lipinski definition) is 7. The molecule has 0 radical (unpaired) electrons. The molecule has 0 saturated carbocycles. The summed E-state index contributed by atoms with van der Waals surface area (Å²) in [5.74, 6) is -0.851. The predicted molar refractivity (Wildman–Crippen MR) is 108 cm³/mol. The normalized spacial score (nSPS) is 16.1. The molecule has 0 spiro atoms. The Morgan fingerprint density at radius 3 is 2.80 bits per heavy atom. The highest BCUT2D eigenvalue weighted by Crippen LogP contribution is 2.34. The van der Waals surface area contributed by atoms with E-state index in [2.05, 4.69) is 10.3 Å². The molecule has 1 amide bonds. The van der Waals surface area contributed by atoms with E-state index < -0.39 is 17.4 Å². The number of esters is 1. The number of nitrogens with zero attached hydrogens (tertiary/aromatic N) is 4. The Morgan fingerprint density at radius 2 is 2.00 bits per heavy atom. The molecule has 0 bridgehead atoms. The first kappa shape index (κ1) is 19.6. The molecule has 154 valence electrons. The highest BCUT2D eigenvalue weighted by molar-refractivity contribution is 6.00. The third-order valence-electron chi connectivity index (χ3n) is 5.04. The number of ether oxygens (including phenoxy) is 2. The molecule has 4 rings (SSSR count). The average Bonchev–Trinajstić information content (AvgIpc) is 3.15. The third kappa shape index (κ3) is 3.61. The van der Waals surface area contributed by atoms with Gasteiger partial charge in [0.05, 0.1) is 24.1 Å². The number of amides is 1. The van der Waals surface area contributed by atoms with Crippen molar-refractivity contribution in [2.45, 2.75) is 20.1 Å². The Balaban J connectivity index is 1.47. The van der Waals surface area contributed by atoms with E-state index in [4.69, 9.17) is 9.47 Å². The molecule has 1 aliphatic heterocycles. The van der Waals surface area contributed by atoms with E-state index >= 15 is 0 Å². The van der Waals surface area contributed by atoms with Crippen molar-refractivity contribution < 1.29 is 19.1 Å². The molecule has 1 fully saturated rings. The maximum Gasteiger partial charge on any atom is 0.313 e. The topological polar surface area (TPSA) is 104 Å². The molecule has 30 heavy (non-hydrogen) atoms. The van der Waals surface area contributed by atoms with E-state index in [1.165, 1.54) is 12.0 Å². The molecule has 2 aromatic carbocycles. The maximum atomic E-state index is 12.5. The van der Waals surface area contributed by atoms with Gasteiger partial charge in [-0.3, -0.25) is 14.4 Å². The number of methoxy groups -OCH3 is 1. The van der Waals surface area contributed by atoms with Crippen molar-refractivity contribution >= 4 is 28.5 Å². The minimum Gasteiger partial charge on any atom is -0.495 e. The first-order valence-electron chi connectivity index (χ1n) is 9.42.